The van der Waals surface area contributed by atoms with Gasteiger partial charge in [-0.2, -0.15) is 0 Å². The van der Waals surface area contributed by atoms with Gasteiger partial charge < -0.3 is 15.0 Å². The van der Waals surface area contributed by atoms with Crippen LogP contribution in [0.3, 0.4) is 0 Å². The summed E-state index contributed by atoms with van der Waals surface area (Å²) in [6.07, 6.45) is 3.05. The average Bonchev–Trinajstić information content (AvgIpc) is 2.54. The third-order valence-electron chi connectivity index (χ3n) is 3.70. The van der Waals surface area contributed by atoms with Gasteiger partial charge in [0.05, 0.1) is 6.42 Å². The van der Waals surface area contributed by atoms with Crippen molar-refractivity contribution in [1.82, 2.24) is 10.2 Å². The molecule has 22 heavy (non-hydrogen) atoms. The molecule has 0 bridgehead atoms. The molecule has 0 aliphatic carbocycles. The van der Waals surface area contributed by atoms with E-state index in [0.29, 0.717) is 19.5 Å². The Labute approximate surface area is 130 Å². The molecule has 1 heterocycles. The Balaban J connectivity index is 1.73. The lowest BCUT2D eigenvalue weighted by atomic mass is 10.0. The molecule has 1 aliphatic rings. The lowest BCUT2D eigenvalue weighted by molar-refractivity contribution is -0.131. The molecule has 0 aromatic heterocycles. The first kappa shape index (κ1) is 16.1. The standard InChI is InChI=1S/C17H22N2O3/c1-2-12-22-17(21)18-15-8-10-19(11-9-15)16(20)13-14-6-4-3-5-7-14/h2-7,15H,1,8-13H2,(H,18,21). The fraction of sp³-hybridized carbons (Fsp3) is 0.412. The van der Waals surface area contributed by atoms with Crippen LogP contribution in [0.2, 0.25) is 0 Å². The zero-order chi connectivity index (χ0) is 15.8. The van der Waals surface area contributed by atoms with Crippen LogP contribution in [-0.4, -0.2) is 42.6 Å². The van der Waals surface area contributed by atoms with Gasteiger partial charge >= 0.3 is 6.09 Å². The second-order valence-corrected chi connectivity index (χ2v) is 5.35. The van der Waals surface area contributed by atoms with Gasteiger partial charge in [0.1, 0.15) is 6.61 Å². The van der Waals surface area contributed by atoms with Crippen LogP contribution in [-0.2, 0) is 16.0 Å². The SMILES string of the molecule is C=CCOC(=O)NC1CCN(C(=O)Cc2ccccc2)CC1. The smallest absolute Gasteiger partial charge is 0.407 e. The molecule has 0 atom stereocenters. The highest BCUT2D eigenvalue weighted by Gasteiger charge is 2.24. The Bertz CT molecular complexity index is 508. The lowest BCUT2D eigenvalue weighted by Crippen LogP contribution is -2.47. The summed E-state index contributed by atoms with van der Waals surface area (Å²) in [5.41, 5.74) is 1.03. The Kier molecular flexibility index (Phi) is 6.01. The fourth-order valence-electron chi connectivity index (χ4n) is 2.50. The van der Waals surface area contributed by atoms with Gasteiger partial charge in [0.15, 0.2) is 0 Å². The van der Waals surface area contributed by atoms with E-state index < -0.39 is 6.09 Å². The summed E-state index contributed by atoms with van der Waals surface area (Å²) in [7, 11) is 0. The van der Waals surface area contributed by atoms with Crippen molar-refractivity contribution in [2.45, 2.75) is 25.3 Å². The number of nitrogens with zero attached hydrogens (tertiary/aromatic N) is 1. The van der Waals surface area contributed by atoms with Crippen LogP contribution in [0.25, 0.3) is 0 Å². The van der Waals surface area contributed by atoms with Gasteiger partial charge in [0, 0.05) is 19.1 Å². The molecule has 1 aliphatic heterocycles. The Hall–Kier alpha value is -2.30. The molecule has 5 nitrogen and oxygen atoms in total. The van der Waals surface area contributed by atoms with Crippen LogP contribution >= 0.6 is 0 Å². The molecule has 0 spiro atoms. The highest BCUT2D eigenvalue weighted by atomic mass is 16.5. The van der Waals surface area contributed by atoms with E-state index in [1.807, 2.05) is 35.2 Å². The molecule has 1 aromatic rings. The van der Waals surface area contributed by atoms with E-state index in [0.717, 1.165) is 18.4 Å². The van der Waals surface area contributed by atoms with Gasteiger partial charge in [-0.15, -0.1) is 0 Å². The normalized spacial score (nSPS) is 15.2. The molecule has 5 heteroatoms. The molecular weight excluding hydrogens is 280 g/mol. The van der Waals surface area contributed by atoms with E-state index in [1.54, 1.807) is 0 Å². The molecule has 0 saturated carbocycles. The second-order valence-electron chi connectivity index (χ2n) is 5.35. The summed E-state index contributed by atoms with van der Waals surface area (Å²) in [4.78, 5) is 25.6. The van der Waals surface area contributed by atoms with Gasteiger partial charge in [-0.3, -0.25) is 4.79 Å². The topological polar surface area (TPSA) is 58.6 Å². The molecule has 118 valence electrons. The largest absolute Gasteiger partial charge is 0.445 e. The molecule has 2 amide bonds. The quantitative estimate of drug-likeness (QED) is 0.848. The van der Waals surface area contributed by atoms with Gasteiger partial charge in [-0.1, -0.05) is 43.0 Å². The van der Waals surface area contributed by atoms with Crippen LogP contribution in [0.5, 0.6) is 0 Å². The van der Waals surface area contributed by atoms with Crippen LogP contribution in [0.4, 0.5) is 4.79 Å². The molecular formula is C17H22N2O3. The van der Waals surface area contributed by atoms with Gasteiger partial charge in [-0.25, -0.2) is 4.79 Å². The number of benzene rings is 1. The first-order chi connectivity index (χ1) is 10.7. The van der Waals surface area contributed by atoms with Gasteiger partial charge in [0.25, 0.3) is 0 Å². The first-order valence-electron chi connectivity index (χ1n) is 7.55. The van der Waals surface area contributed by atoms with E-state index in [9.17, 15) is 9.59 Å². The highest BCUT2D eigenvalue weighted by molar-refractivity contribution is 5.78. The maximum Gasteiger partial charge on any atom is 0.407 e. The van der Waals surface area contributed by atoms with Crippen LogP contribution in [0.15, 0.2) is 43.0 Å². The second kappa shape index (κ2) is 8.22. The Morgan fingerprint density at radius 3 is 2.59 bits per heavy atom. The minimum absolute atomic E-state index is 0.0677. The van der Waals surface area contributed by atoms with Crippen molar-refractivity contribution in [3.8, 4) is 0 Å². The van der Waals surface area contributed by atoms with Crippen molar-refractivity contribution in [3.05, 3.63) is 48.6 Å². The number of hydrogen-bond donors (Lipinski definition) is 1. The van der Waals surface area contributed by atoms with Crippen LogP contribution in [0.1, 0.15) is 18.4 Å². The predicted octanol–water partition coefficient (Wildman–Crippen LogP) is 2.13. The molecule has 1 N–H and O–H groups in total. The number of likely N-dealkylation sites (tertiary alicyclic amines) is 1. The van der Waals surface area contributed by atoms with E-state index >= 15 is 0 Å². The molecule has 2 rings (SSSR count). The number of hydrogen-bond acceptors (Lipinski definition) is 3. The van der Waals surface area contributed by atoms with Crippen molar-refractivity contribution < 1.29 is 14.3 Å². The van der Waals surface area contributed by atoms with Crippen molar-refractivity contribution in [3.63, 3.8) is 0 Å². The summed E-state index contributed by atoms with van der Waals surface area (Å²) in [5, 5.41) is 2.82. The minimum atomic E-state index is -0.422. The third-order valence-corrected chi connectivity index (χ3v) is 3.70. The summed E-state index contributed by atoms with van der Waals surface area (Å²) >= 11 is 0. The van der Waals surface area contributed by atoms with Crippen LogP contribution < -0.4 is 5.32 Å². The Morgan fingerprint density at radius 1 is 1.27 bits per heavy atom. The third kappa shape index (κ3) is 4.91. The zero-order valence-electron chi connectivity index (χ0n) is 12.7. The molecule has 1 fully saturated rings. The molecule has 1 saturated heterocycles. The number of rotatable bonds is 5. The number of nitrogens with one attached hydrogen (secondary N) is 1. The summed E-state index contributed by atoms with van der Waals surface area (Å²) < 4.78 is 4.90. The van der Waals surface area contributed by atoms with Crippen molar-refractivity contribution in [2.24, 2.45) is 0 Å². The molecule has 1 aromatic carbocycles. The van der Waals surface area contributed by atoms with Crippen LogP contribution in [0, 0.1) is 0 Å². The number of ether oxygens (including phenoxy) is 1. The lowest BCUT2D eigenvalue weighted by Gasteiger charge is -2.32. The number of carbonyl (C=O) groups is 2. The number of piperidine rings is 1. The summed E-state index contributed by atoms with van der Waals surface area (Å²) in [6, 6.07) is 9.81. The van der Waals surface area contributed by atoms with E-state index in [-0.39, 0.29) is 18.6 Å². The Morgan fingerprint density at radius 2 is 1.95 bits per heavy atom. The fourth-order valence-corrected chi connectivity index (χ4v) is 2.50. The minimum Gasteiger partial charge on any atom is -0.445 e. The number of amides is 2. The van der Waals surface area contributed by atoms with Crippen molar-refractivity contribution >= 4 is 12.0 Å². The zero-order valence-corrected chi connectivity index (χ0v) is 12.7. The molecule has 0 radical (unpaired) electrons. The number of alkyl carbamates (subject to hydrolysis) is 1. The van der Waals surface area contributed by atoms with E-state index in [1.165, 1.54) is 6.08 Å². The average molecular weight is 302 g/mol. The monoisotopic (exact) mass is 302 g/mol. The highest BCUT2D eigenvalue weighted by Crippen LogP contribution is 2.12. The van der Waals surface area contributed by atoms with E-state index in [2.05, 4.69) is 11.9 Å². The van der Waals surface area contributed by atoms with Crippen molar-refractivity contribution in [1.29, 1.82) is 0 Å². The van der Waals surface area contributed by atoms with E-state index in [4.69, 9.17) is 4.74 Å². The maximum absolute atomic E-state index is 12.2. The predicted molar refractivity (Wildman–Crippen MR) is 84.4 cm³/mol. The summed E-state index contributed by atoms with van der Waals surface area (Å²) in [5.74, 6) is 0.138. The van der Waals surface area contributed by atoms with Gasteiger partial charge in [0.2, 0.25) is 5.91 Å². The molecule has 0 unspecified atom stereocenters. The number of carbonyl (C=O) groups excluding carboxylic acids is 2. The maximum atomic E-state index is 12.2. The van der Waals surface area contributed by atoms with Crippen molar-refractivity contribution in [2.75, 3.05) is 19.7 Å². The summed E-state index contributed by atoms with van der Waals surface area (Å²) in [6.45, 7) is 5.03. The first-order valence-corrected chi connectivity index (χ1v) is 7.55. The van der Waals surface area contributed by atoms with Gasteiger partial charge in [-0.05, 0) is 18.4 Å².